The number of amides is 2. The van der Waals surface area contributed by atoms with Crippen molar-refractivity contribution in [1.82, 2.24) is 10.6 Å². The third-order valence-electron chi connectivity index (χ3n) is 4.56. The van der Waals surface area contributed by atoms with Gasteiger partial charge in [0.25, 0.3) is 5.91 Å². The topological polar surface area (TPSA) is 85.9 Å². The molecule has 2 aromatic carbocycles. The van der Waals surface area contributed by atoms with Gasteiger partial charge in [0.1, 0.15) is 11.8 Å². The fraction of sp³-hybridized carbons (Fsp3) is 0.364. The Hall–Kier alpha value is -3.22. The summed E-state index contributed by atoms with van der Waals surface area (Å²) >= 11 is 0. The van der Waals surface area contributed by atoms with Gasteiger partial charge < -0.3 is 24.8 Å². The number of benzene rings is 2. The monoisotopic (exact) mass is 398 g/mol. The maximum Gasteiger partial charge on any atom is 0.258 e. The van der Waals surface area contributed by atoms with Crippen LogP contribution in [-0.4, -0.2) is 31.3 Å². The van der Waals surface area contributed by atoms with Crippen LogP contribution in [0.15, 0.2) is 42.5 Å². The van der Waals surface area contributed by atoms with E-state index < -0.39 is 6.04 Å². The second-order valence-electron chi connectivity index (χ2n) is 7.30. The summed E-state index contributed by atoms with van der Waals surface area (Å²) in [4.78, 5) is 24.9. The summed E-state index contributed by atoms with van der Waals surface area (Å²) in [6.07, 6.45) is 0. The second-order valence-corrected chi connectivity index (χ2v) is 7.30. The van der Waals surface area contributed by atoms with Crippen molar-refractivity contribution in [3.05, 3.63) is 53.6 Å². The van der Waals surface area contributed by atoms with Gasteiger partial charge in [-0.05, 0) is 42.7 Å². The van der Waals surface area contributed by atoms with E-state index in [0.29, 0.717) is 23.8 Å². The first kappa shape index (κ1) is 20.5. The SMILES string of the molecule is Cc1ccc(OCC(=O)N[C@H](C(=O)NCc2ccc3c(c2)OCO3)C(C)C)cc1. The molecule has 2 N–H and O–H groups in total. The molecule has 2 amide bonds. The van der Waals surface area contributed by atoms with Crippen molar-refractivity contribution >= 4 is 11.8 Å². The maximum atomic E-state index is 12.6. The molecule has 0 saturated carbocycles. The van der Waals surface area contributed by atoms with Gasteiger partial charge in [-0.25, -0.2) is 0 Å². The van der Waals surface area contributed by atoms with Crippen molar-refractivity contribution in [3.8, 4) is 17.2 Å². The highest BCUT2D eigenvalue weighted by molar-refractivity contribution is 5.88. The lowest BCUT2D eigenvalue weighted by Gasteiger charge is -2.22. The molecule has 0 aromatic heterocycles. The van der Waals surface area contributed by atoms with Crippen LogP contribution in [0.2, 0.25) is 0 Å². The summed E-state index contributed by atoms with van der Waals surface area (Å²) in [5, 5.41) is 5.62. The van der Waals surface area contributed by atoms with Crippen LogP contribution in [0, 0.1) is 12.8 Å². The zero-order valence-corrected chi connectivity index (χ0v) is 16.9. The zero-order valence-electron chi connectivity index (χ0n) is 16.9. The molecule has 1 aliphatic heterocycles. The first-order valence-corrected chi connectivity index (χ1v) is 9.57. The molecule has 0 aliphatic carbocycles. The molecule has 0 saturated heterocycles. The van der Waals surface area contributed by atoms with Gasteiger partial charge in [-0.1, -0.05) is 37.6 Å². The summed E-state index contributed by atoms with van der Waals surface area (Å²) in [5.41, 5.74) is 2.00. The Bertz CT molecular complexity index is 864. The lowest BCUT2D eigenvalue weighted by molar-refractivity contribution is -0.131. The van der Waals surface area contributed by atoms with Gasteiger partial charge in [0.15, 0.2) is 18.1 Å². The van der Waals surface area contributed by atoms with Gasteiger partial charge in [0, 0.05) is 6.54 Å². The molecule has 1 atom stereocenters. The van der Waals surface area contributed by atoms with Crippen molar-refractivity contribution in [2.24, 2.45) is 5.92 Å². The molecule has 3 rings (SSSR count). The fourth-order valence-corrected chi connectivity index (χ4v) is 2.88. The molecule has 1 aliphatic rings. The minimum Gasteiger partial charge on any atom is -0.484 e. The smallest absolute Gasteiger partial charge is 0.258 e. The van der Waals surface area contributed by atoms with Gasteiger partial charge in [-0.2, -0.15) is 0 Å². The number of carbonyl (C=O) groups excluding carboxylic acids is 2. The lowest BCUT2D eigenvalue weighted by Crippen LogP contribution is -2.50. The average Bonchev–Trinajstić information content (AvgIpc) is 3.17. The van der Waals surface area contributed by atoms with E-state index in [4.69, 9.17) is 14.2 Å². The first-order valence-electron chi connectivity index (χ1n) is 9.57. The molecule has 0 spiro atoms. The summed E-state index contributed by atoms with van der Waals surface area (Å²) in [5.74, 6) is 1.30. The Balaban J connectivity index is 1.50. The van der Waals surface area contributed by atoms with Gasteiger partial charge in [-0.3, -0.25) is 9.59 Å². The van der Waals surface area contributed by atoms with Crippen molar-refractivity contribution in [2.45, 2.75) is 33.4 Å². The number of hydrogen-bond donors (Lipinski definition) is 2. The van der Waals surface area contributed by atoms with Crippen LogP contribution in [-0.2, 0) is 16.1 Å². The molecule has 154 valence electrons. The Kier molecular flexibility index (Phi) is 6.59. The van der Waals surface area contributed by atoms with E-state index in [9.17, 15) is 9.59 Å². The van der Waals surface area contributed by atoms with Crippen molar-refractivity contribution in [2.75, 3.05) is 13.4 Å². The fourth-order valence-electron chi connectivity index (χ4n) is 2.88. The summed E-state index contributed by atoms with van der Waals surface area (Å²) in [7, 11) is 0. The minimum absolute atomic E-state index is 0.0740. The molecule has 0 fully saturated rings. The second kappa shape index (κ2) is 9.32. The van der Waals surface area contributed by atoms with E-state index in [2.05, 4.69) is 10.6 Å². The highest BCUT2D eigenvalue weighted by atomic mass is 16.7. The van der Waals surface area contributed by atoms with Crippen LogP contribution in [0.25, 0.3) is 0 Å². The molecular weight excluding hydrogens is 372 g/mol. The van der Waals surface area contributed by atoms with Crippen molar-refractivity contribution in [3.63, 3.8) is 0 Å². The standard InChI is InChI=1S/C22H26N2O5/c1-14(2)21(24-20(25)12-27-17-7-4-15(3)5-8-17)22(26)23-11-16-6-9-18-19(10-16)29-13-28-18/h4-10,14,21H,11-13H2,1-3H3,(H,23,26)(H,24,25)/t21-/m0/s1. The highest BCUT2D eigenvalue weighted by Gasteiger charge is 2.24. The van der Waals surface area contributed by atoms with Gasteiger partial charge >= 0.3 is 0 Å². The molecule has 29 heavy (non-hydrogen) atoms. The molecule has 0 radical (unpaired) electrons. The minimum atomic E-state index is -0.655. The molecule has 0 unspecified atom stereocenters. The van der Waals surface area contributed by atoms with Gasteiger partial charge in [0.2, 0.25) is 12.7 Å². The number of fused-ring (bicyclic) bond motifs is 1. The highest BCUT2D eigenvalue weighted by Crippen LogP contribution is 2.32. The summed E-state index contributed by atoms with van der Waals surface area (Å²) in [6.45, 7) is 6.12. The van der Waals surface area contributed by atoms with E-state index in [1.807, 2.05) is 51.1 Å². The van der Waals surface area contributed by atoms with E-state index in [0.717, 1.165) is 11.1 Å². The normalized spacial score (nSPS) is 13.1. The first-order chi connectivity index (χ1) is 13.9. The quantitative estimate of drug-likeness (QED) is 0.714. The predicted molar refractivity (Wildman–Crippen MR) is 108 cm³/mol. The van der Waals surface area contributed by atoms with Crippen LogP contribution in [0.3, 0.4) is 0 Å². The molecule has 1 heterocycles. The van der Waals surface area contributed by atoms with Gasteiger partial charge in [0.05, 0.1) is 0 Å². The summed E-state index contributed by atoms with van der Waals surface area (Å²) < 4.78 is 16.1. The predicted octanol–water partition coefficient (Wildman–Crippen LogP) is 2.56. The third-order valence-corrected chi connectivity index (χ3v) is 4.56. The average molecular weight is 398 g/mol. The van der Waals surface area contributed by atoms with E-state index in [-0.39, 0.29) is 31.1 Å². The summed E-state index contributed by atoms with van der Waals surface area (Å²) in [6, 6.07) is 12.3. The van der Waals surface area contributed by atoms with Crippen LogP contribution in [0.5, 0.6) is 17.2 Å². The largest absolute Gasteiger partial charge is 0.484 e. The zero-order chi connectivity index (χ0) is 20.8. The molecular formula is C22H26N2O5. The van der Waals surface area contributed by atoms with Crippen LogP contribution in [0.4, 0.5) is 0 Å². The molecule has 0 bridgehead atoms. The molecule has 2 aromatic rings. The Morgan fingerprint density at radius 3 is 2.52 bits per heavy atom. The number of nitrogens with one attached hydrogen (secondary N) is 2. The Labute approximate surface area is 170 Å². The molecule has 7 heteroatoms. The van der Waals surface area contributed by atoms with Crippen LogP contribution in [0.1, 0.15) is 25.0 Å². The third kappa shape index (κ3) is 5.63. The van der Waals surface area contributed by atoms with Crippen molar-refractivity contribution in [1.29, 1.82) is 0 Å². The lowest BCUT2D eigenvalue weighted by atomic mass is 10.0. The number of rotatable bonds is 8. The molecule has 7 nitrogen and oxygen atoms in total. The van der Waals surface area contributed by atoms with E-state index in [1.54, 1.807) is 12.1 Å². The number of carbonyl (C=O) groups is 2. The van der Waals surface area contributed by atoms with Crippen molar-refractivity contribution < 1.29 is 23.8 Å². The van der Waals surface area contributed by atoms with E-state index >= 15 is 0 Å². The van der Waals surface area contributed by atoms with Crippen LogP contribution < -0.4 is 24.8 Å². The van der Waals surface area contributed by atoms with Crippen LogP contribution >= 0.6 is 0 Å². The maximum absolute atomic E-state index is 12.6. The van der Waals surface area contributed by atoms with Gasteiger partial charge in [-0.15, -0.1) is 0 Å². The van der Waals surface area contributed by atoms with E-state index in [1.165, 1.54) is 0 Å². The number of hydrogen-bond acceptors (Lipinski definition) is 5. The number of ether oxygens (including phenoxy) is 3. The Morgan fingerprint density at radius 1 is 1.07 bits per heavy atom. The number of aryl methyl sites for hydroxylation is 1. The Morgan fingerprint density at radius 2 is 1.79 bits per heavy atom.